The third-order valence-electron chi connectivity index (χ3n) is 17.6. The van der Waals surface area contributed by atoms with Gasteiger partial charge in [0, 0.05) is 25.7 Å². The Balaban J connectivity index is 5.17. The third kappa shape index (κ3) is 67.0. The summed E-state index contributed by atoms with van der Waals surface area (Å²) in [5, 5.41) is 10.6. The number of ether oxygens (including phenoxy) is 4. The van der Waals surface area contributed by atoms with Crippen LogP contribution in [0.15, 0.2) is 0 Å². The Bertz CT molecular complexity index is 1810. The van der Waals surface area contributed by atoms with E-state index in [1.807, 2.05) is 0 Å². The average molecular weight is 1370 g/mol. The predicted molar refractivity (Wildman–Crippen MR) is 377 cm³/mol. The first-order chi connectivity index (χ1) is 44.9. The molecule has 0 aliphatic rings. The maximum atomic E-state index is 13.1. The molecule has 0 fully saturated rings. The predicted octanol–water partition coefficient (Wildman–Crippen LogP) is 21.6. The summed E-state index contributed by atoms with van der Waals surface area (Å²) in [5.74, 6) is -0.647. The van der Waals surface area contributed by atoms with Crippen LogP contribution in [-0.4, -0.2) is 96.7 Å². The van der Waals surface area contributed by atoms with Gasteiger partial charge in [0.1, 0.15) is 19.3 Å². The van der Waals surface area contributed by atoms with Gasteiger partial charge in [-0.15, -0.1) is 0 Å². The van der Waals surface area contributed by atoms with Gasteiger partial charge in [-0.3, -0.25) is 37.3 Å². The van der Waals surface area contributed by atoms with Gasteiger partial charge in [-0.05, 0) is 37.5 Å². The maximum absolute atomic E-state index is 13.1. The van der Waals surface area contributed by atoms with Crippen LogP contribution in [-0.2, 0) is 65.4 Å². The van der Waals surface area contributed by atoms with E-state index in [0.29, 0.717) is 31.6 Å². The number of esters is 4. The molecule has 19 heteroatoms. The lowest BCUT2D eigenvalue weighted by Crippen LogP contribution is -2.30. The lowest BCUT2D eigenvalue weighted by Gasteiger charge is -2.21. The van der Waals surface area contributed by atoms with E-state index in [4.69, 9.17) is 37.0 Å². The molecule has 0 spiro atoms. The van der Waals surface area contributed by atoms with Crippen LogP contribution in [0.4, 0.5) is 0 Å². The van der Waals surface area contributed by atoms with Gasteiger partial charge in [0.25, 0.3) is 0 Å². The molecule has 3 N–H and O–H groups in total. The Kier molecular flexibility index (Phi) is 64.6. The van der Waals surface area contributed by atoms with E-state index in [0.717, 1.165) is 95.8 Å². The second-order valence-corrected chi connectivity index (χ2v) is 30.3. The number of hydrogen-bond donors (Lipinski definition) is 3. The van der Waals surface area contributed by atoms with Crippen LogP contribution in [0.25, 0.3) is 0 Å². The van der Waals surface area contributed by atoms with Crippen LogP contribution >= 0.6 is 15.6 Å². The quantitative estimate of drug-likeness (QED) is 0.0222. The molecule has 6 atom stereocenters. The second kappa shape index (κ2) is 66.0. The summed E-state index contributed by atoms with van der Waals surface area (Å²) >= 11 is 0. The summed E-state index contributed by atoms with van der Waals surface area (Å²) in [6, 6.07) is 0. The molecule has 93 heavy (non-hydrogen) atoms. The Hall–Kier alpha value is -1.94. The lowest BCUT2D eigenvalue weighted by atomic mass is 9.99. The van der Waals surface area contributed by atoms with E-state index in [2.05, 4.69) is 41.5 Å². The lowest BCUT2D eigenvalue weighted by molar-refractivity contribution is -0.161. The number of unbranched alkanes of at least 4 members (excludes halogenated alkanes) is 42. The molecular formula is C74H144O17P2. The van der Waals surface area contributed by atoms with Gasteiger partial charge in [-0.25, -0.2) is 9.13 Å². The first-order valence-electron chi connectivity index (χ1n) is 38.5. The van der Waals surface area contributed by atoms with Crippen molar-refractivity contribution < 1.29 is 80.2 Å². The molecule has 0 amide bonds. The Morgan fingerprint density at radius 2 is 0.548 bits per heavy atom. The number of carbonyl (C=O) groups excluding carboxylic acids is 4. The minimum Gasteiger partial charge on any atom is -0.462 e. The Morgan fingerprint density at radius 1 is 0.312 bits per heavy atom. The van der Waals surface area contributed by atoms with Crippen LogP contribution in [0.3, 0.4) is 0 Å². The summed E-state index contributed by atoms with van der Waals surface area (Å²) in [5.41, 5.74) is 0. The van der Waals surface area contributed by atoms with Crippen LogP contribution in [0.5, 0.6) is 0 Å². The van der Waals surface area contributed by atoms with Crippen molar-refractivity contribution >= 4 is 39.5 Å². The van der Waals surface area contributed by atoms with Gasteiger partial charge in [0.15, 0.2) is 12.2 Å². The fraction of sp³-hybridized carbons (Fsp3) is 0.946. The zero-order valence-corrected chi connectivity index (χ0v) is 62.3. The summed E-state index contributed by atoms with van der Waals surface area (Å²) in [6.45, 7) is 9.49. The van der Waals surface area contributed by atoms with E-state index in [-0.39, 0.29) is 25.7 Å². The van der Waals surface area contributed by atoms with Gasteiger partial charge >= 0.3 is 39.5 Å². The number of aliphatic hydroxyl groups excluding tert-OH is 1. The van der Waals surface area contributed by atoms with E-state index >= 15 is 0 Å². The standard InChI is InChI=1S/C74H144O17P2/c1-7-10-12-14-16-18-19-20-21-22-23-24-25-26-27-28-29-35-39-46-52-58-73(78)90-69(62-85-72(77)57-51-45-38-34-31-30-33-36-43-49-55-67(6)9-3)64-88-92(80,81)86-60-68(75)61-87-93(82,83)89-65-70(91-74(79)59-53-47-41-40-42-48-54-66(4)5)63-84-71(76)56-50-44-37-32-17-15-13-11-8-2/h66-70,75H,7-65H2,1-6H3,(H,80,81)(H,82,83)/t67?,68-,69-,70-/m1/s1. The molecular weight excluding hydrogens is 1220 g/mol. The van der Waals surface area contributed by atoms with Gasteiger partial charge in [0.05, 0.1) is 26.4 Å². The zero-order chi connectivity index (χ0) is 68.6. The highest BCUT2D eigenvalue weighted by Crippen LogP contribution is 2.45. The van der Waals surface area contributed by atoms with Gasteiger partial charge < -0.3 is 33.8 Å². The molecule has 0 aromatic heterocycles. The molecule has 0 rings (SSSR count). The minimum absolute atomic E-state index is 0.102. The Morgan fingerprint density at radius 3 is 0.817 bits per heavy atom. The van der Waals surface area contributed by atoms with Crippen molar-refractivity contribution in [3.63, 3.8) is 0 Å². The van der Waals surface area contributed by atoms with Crippen LogP contribution in [0.2, 0.25) is 0 Å². The van der Waals surface area contributed by atoms with Crippen molar-refractivity contribution in [1.29, 1.82) is 0 Å². The number of rotatable bonds is 73. The molecule has 17 nitrogen and oxygen atoms in total. The second-order valence-electron chi connectivity index (χ2n) is 27.4. The van der Waals surface area contributed by atoms with Gasteiger partial charge in [-0.1, -0.05) is 330 Å². The molecule has 0 aromatic rings. The molecule has 0 bridgehead atoms. The number of phosphoric acid groups is 2. The number of phosphoric ester groups is 2. The molecule has 0 heterocycles. The average Bonchev–Trinajstić information content (AvgIpc) is 3.74. The SMILES string of the molecule is CCCCCCCCCCCCCCCCCCCCCCCC(=O)O[C@H](COC(=O)CCCCCCCCCCCCC(C)CC)COP(=O)(O)OC[C@@H](O)COP(=O)(O)OC[C@@H](COC(=O)CCCCCCCCCCC)OC(=O)CCCCCCCCC(C)C. The van der Waals surface area contributed by atoms with Crippen molar-refractivity contribution in [3.8, 4) is 0 Å². The number of aliphatic hydroxyl groups is 1. The minimum atomic E-state index is -4.95. The topological polar surface area (TPSA) is 237 Å². The molecule has 3 unspecified atom stereocenters. The van der Waals surface area contributed by atoms with E-state index in [1.54, 1.807) is 0 Å². The number of carbonyl (C=O) groups is 4. The highest BCUT2D eigenvalue weighted by molar-refractivity contribution is 7.47. The van der Waals surface area contributed by atoms with E-state index < -0.39 is 97.5 Å². The van der Waals surface area contributed by atoms with Crippen molar-refractivity contribution in [3.05, 3.63) is 0 Å². The zero-order valence-electron chi connectivity index (χ0n) is 60.6. The van der Waals surface area contributed by atoms with Crippen molar-refractivity contribution in [2.75, 3.05) is 39.6 Å². The van der Waals surface area contributed by atoms with Crippen molar-refractivity contribution in [2.24, 2.45) is 11.8 Å². The smallest absolute Gasteiger partial charge is 0.462 e. The van der Waals surface area contributed by atoms with Gasteiger partial charge in [0.2, 0.25) is 0 Å². The third-order valence-corrected chi connectivity index (χ3v) is 19.5. The fourth-order valence-corrected chi connectivity index (χ4v) is 12.8. The molecule has 552 valence electrons. The number of hydrogen-bond acceptors (Lipinski definition) is 15. The monoisotopic (exact) mass is 1370 g/mol. The molecule has 0 saturated carbocycles. The fourth-order valence-electron chi connectivity index (χ4n) is 11.3. The van der Waals surface area contributed by atoms with E-state index in [9.17, 15) is 43.2 Å². The highest BCUT2D eigenvalue weighted by atomic mass is 31.2. The molecule has 0 aliphatic heterocycles. The van der Waals surface area contributed by atoms with E-state index in [1.165, 1.54) is 199 Å². The van der Waals surface area contributed by atoms with Crippen LogP contribution in [0, 0.1) is 11.8 Å². The maximum Gasteiger partial charge on any atom is 0.472 e. The summed E-state index contributed by atoms with van der Waals surface area (Å²) < 4.78 is 68.3. The summed E-state index contributed by atoms with van der Waals surface area (Å²) in [4.78, 5) is 72.6. The normalized spacial score (nSPS) is 14.3. The largest absolute Gasteiger partial charge is 0.472 e. The molecule has 0 aliphatic carbocycles. The molecule has 0 radical (unpaired) electrons. The Labute approximate surface area is 568 Å². The van der Waals surface area contributed by atoms with Gasteiger partial charge in [-0.2, -0.15) is 0 Å². The first kappa shape index (κ1) is 91.1. The van der Waals surface area contributed by atoms with Crippen LogP contribution in [0.1, 0.15) is 382 Å². The summed E-state index contributed by atoms with van der Waals surface area (Å²) in [7, 11) is -9.90. The molecule has 0 saturated heterocycles. The van der Waals surface area contributed by atoms with Crippen molar-refractivity contribution in [2.45, 2.75) is 400 Å². The highest BCUT2D eigenvalue weighted by Gasteiger charge is 2.30. The van der Waals surface area contributed by atoms with Crippen LogP contribution < -0.4 is 0 Å². The summed E-state index contributed by atoms with van der Waals surface area (Å²) in [6.07, 6.45) is 53.0. The van der Waals surface area contributed by atoms with Crippen molar-refractivity contribution in [1.82, 2.24) is 0 Å². The molecule has 0 aromatic carbocycles. The first-order valence-corrected chi connectivity index (χ1v) is 41.5.